The number of rotatable bonds is 5. The van der Waals surface area contributed by atoms with Crippen LogP contribution in [0.2, 0.25) is 5.02 Å². The van der Waals surface area contributed by atoms with Gasteiger partial charge in [0, 0.05) is 27.5 Å². The molecule has 0 fully saturated rings. The Bertz CT molecular complexity index is 1950. The highest BCUT2D eigenvalue weighted by Crippen LogP contribution is 2.36. The number of nitrogens with zero attached hydrogens (tertiary/aromatic N) is 2. The third kappa shape index (κ3) is 4.30. The maximum atomic E-state index is 13.0. The molecular weight excluding hydrogens is 508 g/mol. The van der Waals surface area contributed by atoms with Gasteiger partial charge in [-0.1, -0.05) is 60.1 Å². The summed E-state index contributed by atoms with van der Waals surface area (Å²) >= 11 is 6.54. The highest BCUT2D eigenvalue weighted by atomic mass is 35.5. The van der Waals surface area contributed by atoms with E-state index in [9.17, 15) is 13.2 Å². The number of sulfone groups is 1. The first-order chi connectivity index (χ1) is 17.9. The van der Waals surface area contributed by atoms with Gasteiger partial charge in [0.1, 0.15) is 5.65 Å². The fraction of sp³-hybridized carbons (Fsp3) is 0.0357. The van der Waals surface area contributed by atoms with Crippen molar-refractivity contribution in [2.75, 3.05) is 0 Å². The lowest BCUT2D eigenvalue weighted by molar-refractivity contribution is 0.595. The molecular formula is C28H19ClN4O3S. The fourth-order valence-corrected chi connectivity index (χ4v) is 6.04. The number of halogens is 1. The summed E-state index contributed by atoms with van der Waals surface area (Å²) in [6.07, 6.45) is 1.70. The van der Waals surface area contributed by atoms with Gasteiger partial charge < -0.3 is 4.98 Å². The molecule has 0 saturated heterocycles. The Morgan fingerprint density at radius 1 is 0.838 bits per heavy atom. The van der Waals surface area contributed by atoms with E-state index in [4.69, 9.17) is 16.6 Å². The average Bonchev–Trinajstić information content (AvgIpc) is 3.39. The Balaban J connectivity index is 1.55. The summed E-state index contributed by atoms with van der Waals surface area (Å²) in [5, 5.41) is 8.95. The second-order valence-electron chi connectivity index (χ2n) is 8.68. The number of aromatic amines is 2. The van der Waals surface area contributed by atoms with Crippen molar-refractivity contribution in [3.8, 4) is 22.4 Å². The van der Waals surface area contributed by atoms with Crippen LogP contribution in [0.15, 0.2) is 101 Å². The van der Waals surface area contributed by atoms with Gasteiger partial charge in [-0.05, 0) is 42.0 Å². The lowest BCUT2D eigenvalue weighted by Gasteiger charge is -2.13. The molecule has 37 heavy (non-hydrogen) atoms. The molecule has 6 aromatic rings. The van der Waals surface area contributed by atoms with Crippen LogP contribution < -0.4 is 5.56 Å². The van der Waals surface area contributed by atoms with Crippen LogP contribution in [0.25, 0.3) is 44.3 Å². The van der Waals surface area contributed by atoms with Crippen molar-refractivity contribution in [2.45, 2.75) is 10.6 Å². The van der Waals surface area contributed by atoms with Gasteiger partial charge >= 0.3 is 0 Å². The number of H-pyrrole nitrogens is 2. The molecule has 0 aliphatic heterocycles. The number of aromatic nitrogens is 4. The Hall–Kier alpha value is -4.27. The summed E-state index contributed by atoms with van der Waals surface area (Å²) in [4.78, 5) is 20.7. The van der Waals surface area contributed by atoms with Crippen molar-refractivity contribution in [1.82, 2.24) is 20.2 Å². The van der Waals surface area contributed by atoms with E-state index in [2.05, 4.69) is 15.2 Å². The van der Waals surface area contributed by atoms with Gasteiger partial charge in [0.15, 0.2) is 9.84 Å². The second kappa shape index (κ2) is 8.99. The summed E-state index contributed by atoms with van der Waals surface area (Å²) in [6.45, 7) is 0. The summed E-state index contributed by atoms with van der Waals surface area (Å²) in [7, 11) is -3.71. The maximum Gasteiger partial charge on any atom is 0.253 e. The van der Waals surface area contributed by atoms with Crippen LogP contribution in [0.1, 0.15) is 5.56 Å². The molecule has 0 aliphatic carbocycles. The van der Waals surface area contributed by atoms with Gasteiger partial charge in [0.2, 0.25) is 0 Å². The van der Waals surface area contributed by atoms with Gasteiger partial charge in [-0.15, -0.1) is 0 Å². The molecule has 182 valence electrons. The molecule has 0 spiro atoms. The number of pyridine rings is 2. The van der Waals surface area contributed by atoms with Crippen LogP contribution >= 0.6 is 11.6 Å². The number of benzene rings is 3. The molecule has 9 heteroatoms. The summed E-state index contributed by atoms with van der Waals surface area (Å²) in [5.74, 6) is -0.426. The standard InChI is InChI=1S/C28H19ClN4O3S/c29-24-14-18(11-20-15-30-33-26(20)24)23-13-19-12-21(16-37(35,36)22-9-5-2-6-10-22)28(34)32-27(19)31-25(23)17-7-3-1-4-8-17/h1-15H,16H2,(H,30,33)(H,31,32,34). The molecule has 2 N–H and O–H groups in total. The zero-order chi connectivity index (χ0) is 25.6. The minimum absolute atomic E-state index is 0.139. The van der Waals surface area contributed by atoms with E-state index >= 15 is 0 Å². The van der Waals surface area contributed by atoms with E-state index in [1.807, 2.05) is 48.5 Å². The van der Waals surface area contributed by atoms with Gasteiger partial charge in [-0.3, -0.25) is 9.89 Å². The van der Waals surface area contributed by atoms with Crippen LogP contribution in [0.4, 0.5) is 0 Å². The van der Waals surface area contributed by atoms with Crippen LogP contribution in [-0.2, 0) is 15.6 Å². The molecule has 3 aromatic heterocycles. The summed E-state index contributed by atoms with van der Waals surface area (Å²) in [5.41, 5.74) is 3.87. The smallest absolute Gasteiger partial charge is 0.253 e. The summed E-state index contributed by atoms with van der Waals surface area (Å²) in [6, 6.07) is 25.0. The van der Waals surface area contributed by atoms with Crippen LogP contribution in [0, 0.1) is 0 Å². The van der Waals surface area contributed by atoms with Crippen LogP contribution in [-0.4, -0.2) is 28.6 Å². The third-order valence-corrected chi connectivity index (χ3v) is 8.19. The van der Waals surface area contributed by atoms with E-state index in [0.717, 1.165) is 27.6 Å². The highest BCUT2D eigenvalue weighted by Gasteiger charge is 2.19. The molecule has 7 nitrogen and oxygen atoms in total. The van der Waals surface area contributed by atoms with Crippen molar-refractivity contribution in [3.05, 3.63) is 112 Å². The molecule has 6 rings (SSSR count). The first-order valence-electron chi connectivity index (χ1n) is 11.4. The maximum absolute atomic E-state index is 13.0. The topological polar surface area (TPSA) is 109 Å². The Morgan fingerprint density at radius 3 is 2.32 bits per heavy atom. The number of nitrogens with one attached hydrogen (secondary N) is 2. The predicted molar refractivity (Wildman–Crippen MR) is 145 cm³/mol. The van der Waals surface area contributed by atoms with Crippen LogP contribution in [0.5, 0.6) is 0 Å². The van der Waals surface area contributed by atoms with Crippen LogP contribution in [0.3, 0.4) is 0 Å². The molecule has 0 bridgehead atoms. The largest absolute Gasteiger partial charge is 0.306 e. The molecule has 3 heterocycles. The quantitative estimate of drug-likeness (QED) is 0.297. The number of fused-ring (bicyclic) bond motifs is 2. The number of hydrogen-bond acceptors (Lipinski definition) is 5. The highest BCUT2D eigenvalue weighted by molar-refractivity contribution is 7.90. The SMILES string of the molecule is O=c1[nH]c2nc(-c3ccccc3)c(-c3cc(Cl)c4[nH]ncc4c3)cc2cc1CS(=O)(=O)c1ccccc1. The molecule has 0 radical (unpaired) electrons. The van der Waals surface area contributed by atoms with E-state index in [1.54, 1.807) is 30.5 Å². The first kappa shape index (κ1) is 23.1. The lowest BCUT2D eigenvalue weighted by Crippen LogP contribution is -2.17. The Morgan fingerprint density at radius 2 is 1.57 bits per heavy atom. The van der Waals surface area contributed by atoms with E-state index in [1.165, 1.54) is 12.1 Å². The Labute approximate surface area is 216 Å². The zero-order valence-electron chi connectivity index (χ0n) is 19.3. The van der Waals surface area contributed by atoms with Gasteiger partial charge in [0.05, 0.1) is 33.1 Å². The minimum atomic E-state index is -3.71. The van der Waals surface area contributed by atoms with E-state index in [0.29, 0.717) is 21.7 Å². The van der Waals surface area contributed by atoms with Crippen molar-refractivity contribution >= 4 is 43.4 Å². The molecule has 0 atom stereocenters. The summed E-state index contributed by atoms with van der Waals surface area (Å²) < 4.78 is 25.9. The van der Waals surface area contributed by atoms with Crippen molar-refractivity contribution < 1.29 is 8.42 Å². The average molecular weight is 527 g/mol. The minimum Gasteiger partial charge on any atom is -0.306 e. The Kier molecular flexibility index (Phi) is 5.62. The number of hydrogen-bond donors (Lipinski definition) is 2. The lowest BCUT2D eigenvalue weighted by atomic mass is 9.97. The van der Waals surface area contributed by atoms with Crippen molar-refractivity contribution in [1.29, 1.82) is 0 Å². The third-order valence-electron chi connectivity index (χ3n) is 6.21. The van der Waals surface area contributed by atoms with E-state index < -0.39 is 21.1 Å². The predicted octanol–water partition coefficient (Wildman–Crippen LogP) is 5.76. The normalized spacial score (nSPS) is 11.8. The molecule has 0 amide bonds. The first-order valence-corrected chi connectivity index (χ1v) is 13.5. The molecule has 0 unspecified atom stereocenters. The monoisotopic (exact) mass is 526 g/mol. The van der Waals surface area contributed by atoms with Gasteiger partial charge in [-0.2, -0.15) is 5.10 Å². The fourth-order valence-electron chi connectivity index (χ4n) is 4.41. The second-order valence-corrected chi connectivity index (χ2v) is 11.1. The van der Waals surface area contributed by atoms with E-state index in [-0.39, 0.29) is 10.5 Å². The zero-order valence-corrected chi connectivity index (χ0v) is 20.8. The molecule has 3 aromatic carbocycles. The van der Waals surface area contributed by atoms with Gasteiger partial charge in [-0.25, -0.2) is 13.4 Å². The van der Waals surface area contributed by atoms with Crippen molar-refractivity contribution in [2.24, 2.45) is 0 Å². The molecule has 0 aliphatic rings. The molecule has 0 saturated carbocycles. The van der Waals surface area contributed by atoms with Gasteiger partial charge in [0.25, 0.3) is 5.56 Å². The van der Waals surface area contributed by atoms with Crippen molar-refractivity contribution in [3.63, 3.8) is 0 Å².